The van der Waals surface area contributed by atoms with Crippen molar-refractivity contribution < 1.29 is 14.0 Å². The summed E-state index contributed by atoms with van der Waals surface area (Å²) in [4.78, 5) is 0. The Morgan fingerprint density at radius 3 is 1.95 bits per heavy atom. The Hall–Kier alpha value is -4.53. The first-order valence-corrected chi connectivity index (χ1v) is 16.3. The second-order valence-electron chi connectivity index (χ2n) is 11.8. The molecule has 4 aliphatic rings. The van der Waals surface area contributed by atoms with Gasteiger partial charge >= 0.3 is 0 Å². The van der Waals surface area contributed by atoms with Crippen molar-refractivity contribution in [2.45, 2.75) is 26.2 Å². The zero-order valence-corrected chi connectivity index (χ0v) is 24.1. The summed E-state index contributed by atoms with van der Waals surface area (Å²) >= 11 is 0. The van der Waals surface area contributed by atoms with E-state index in [1.165, 1.54) is 33.1 Å². The molecule has 0 bridgehead atoms. The third-order valence-corrected chi connectivity index (χ3v) is 12.7. The van der Waals surface area contributed by atoms with Gasteiger partial charge in [0.05, 0.1) is 27.1 Å². The average Bonchev–Trinajstić information content (AvgIpc) is 3.37. The molecule has 0 saturated carbocycles. The number of nitrogens with zero attached hydrogens (tertiary/aromatic N) is 1. The second-order valence-corrected chi connectivity index (χ2v) is 14.4. The molecule has 4 nitrogen and oxygen atoms in total. The summed E-state index contributed by atoms with van der Waals surface area (Å²) in [5.41, 5.74) is 4.58. The van der Waals surface area contributed by atoms with E-state index in [2.05, 4.69) is 78.2 Å². The fourth-order valence-electron chi connectivity index (χ4n) is 7.40. The molecule has 0 fully saturated rings. The van der Waals surface area contributed by atoms with Gasteiger partial charge < -0.3 is 18.6 Å². The van der Waals surface area contributed by atoms with Crippen molar-refractivity contribution in [1.82, 2.24) is 4.57 Å². The third-order valence-electron chi connectivity index (χ3n) is 9.50. The first-order valence-electron chi connectivity index (χ1n) is 14.6. The van der Waals surface area contributed by atoms with E-state index in [1.807, 2.05) is 48.5 Å². The Bertz CT molecular complexity index is 2120. The van der Waals surface area contributed by atoms with Gasteiger partial charge in [-0.15, -0.1) is 0 Å². The molecule has 4 aromatic carbocycles. The molecule has 5 heteroatoms. The normalized spacial score (nSPS) is 24.1. The lowest BCUT2D eigenvalue weighted by Crippen LogP contribution is -2.39. The number of allylic oxidation sites excluding steroid dienone is 6. The average molecular weight is 566 g/mol. The van der Waals surface area contributed by atoms with E-state index in [4.69, 9.17) is 9.47 Å². The number of ether oxygens (including phenoxy) is 2. The lowest BCUT2D eigenvalue weighted by molar-refractivity contribution is 0.267. The highest BCUT2D eigenvalue weighted by Crippen LogP contribution is 2.68. The maximum atomic E-state index is 15.4. The molecule has 1 aromatic heterocycles. The number of para-hydroxylation sites is 4. The van der Waals surface area contributed by atoms with Crippen LogP contribution in [0.25, 0.3) is 27.5 Å². The summed E-state index contributed by atoms with van der Waals surface area (Å²) in [5.74, 6) is 2.81. The van der Waals surface area contributed by atoms with Crippen LogP contribution in [0.3, 0.4) is 0 Å². The highest BCUT2D eigenvalue weighted by atomic mass is 31.2. The molecule has 2 atom stereocenters. The van der Waals surface area contributed by atoms with Crippen LogP contribution in [0.15, 0.2) is 138 Å². The van der Waals surface area contributed by atoms with E-state index in [9.17, 15) is 0 Å². The fraction of sp³-hybridized carbons (Fsp3) is 0.135. The van der Waals surface area contributed by atoms with Crippen molar-refractivity contribution in [3.05, 3.63) is 138 Å². The molecule has 0 saturated heterocycles. The van der Waals surface area contributed by atoms with E-state index in [0.29, 0.717) is 17.3 Å². The first kappa shape index (κ1) is 24.1. The standard InChI is InChI=1S/C37H28NO3P/c1-37(24-18-20-25(21-19-24)38-28-12-4-2-10-26(28)27-11-3-5-13-29(27)38)23-22-32-35-36(37)41-31-15-7-9-17-34(31)42(35,39)33-16-8-6-14-30(33)40-32/h2-18,20,22H,19,21,23H2,1H3. The number of hydrogen-bond acceptors (Lipinski definition) is 3. The fourth-order valence-corrected chi connectivity index (χ4v) is 10.6. The number of benzene rings is 4. The van der Waals surface area contributed by atoms with Crippen LogP contribution in [0.4, 0.5) is 0 Å². The van der Waals surface area contributed by atoms with Gasteiger partial charge in [0.1, 0.15) is 28.3 Å². The van der Waals surface area contributed by atoms with Gasteiger partial charge in [0.2, 0.25) is 0 Å². The van der Waals surface area contributed by atoms with Crippen molar-refractivity contribution >= 4 is 45.3 Å². The van der Waals surface area contributed by atoms with Gasteiger partial charge in [-0.3, -0.25) is 0 Å². The van der Waals surface area contributed by atoms with Gasteiger partial charge in [0, 0.05) is 16.5 Å². The Morgan fingerprint density at radius 2 is 1.31 bits per heavy atom. The quantitative estimate of drug-likeness (QED) is 0.201. The van der Waals surface area contributed by atoms with Crippen LogP contribution in [0.5, 0.6) is 11.5 Å². The third kappa shape index (κ3) is 3.05. The Morgan fingerprint density at radius 1 is 0.714 bits per heavy atom. The SMILES string of the molecule is CC1(C2=CC=C(n3c4ccccc4c4ccccc43)CC2)CC=C2Oc3ccccc3P3(=O)C2=C1Oc1ccccc13. The Kier molecular flexibility index (Phi) is 4.88. The molecule has 0 spiro atoms. The molecule has 2 aliphatic heterocycles. The molecule has 2 aliphatic carbocycles. The maximum absolute atomic E-state index is 15.4. The minimum Gasteiger partial charge on any atom is -0.459 e. The summed E-state index contributed by atoms with van der Waals surface area (Å²) in [5, 5.41) is 4.78. The van der Waals surface area contributed by atoms with Crippen LogP contribution in [-0.4, -0.2) is 4.57 Å². The minimum absolute atomic E-state index is 0.444. The molecule has 9 rings (SSSR count). The maximum Gasteiger partial charge on any atom is 0.185 e. The van der Waals surface area contributed by atoms with E-state index in [-0.39, 0.29) is 0 Å². The zero-order valence-electron chi connectivity index (χ0n) is 23.2. The highest BCUT2D eigenvalue weighted by molar-refractivity contribution is 7.83. The van der Waals surface area contributed by atoms with Crippen molar-refractivity contribution in [3.63, 3.8) is 0 Å². The largest absolute Gasteiger partial charge is 0.459 e. The molecule has 5 aromatic rings. The van der Waals surface area contributed by atoms with Crippen LogP contribution < -0.4 is 20.1 Å². The molecule has 0 radical (unpaired) electrons. The summed E-state index contributed by atoms with van der Waals surface area (Å²) in [6.45, 7) is 2.24. The second kappa shape index (κ2) is 8.50. The van der Waals surface area contributed by atoms with E-state index < -0.39 is 12.6 Å². The highest BCUT2D eigenvalue weighted by Gasteiger charge is 2.54. The van der Waals surface area contributed by atoms with Crippen molar-refractivity contribution in [2.75, 3.05) is 0 Å². The number of aromatic nitrogens is 1. The molecular formula is C37H28NO3P. The van der Waals surface area contributed by atoms with Gasteiger partial charge in [-0.1, -0.05) is 72.3 Å². The number of hydrogen-bond donors (Lipinski definition) is 0. The number of fused-ring (bicyclic) bond motifs is 7. The molecule has 0 N–H and O–H groups in total. The molecular weight excluding hydrogens is 537 g/mol. The first-order chi connectivity index (χ1) is 20.6. The van der Waals surface area contributed by atoms with Crippen LogP contribution >= 0.6 is 7.14 Å². The summed E-state index contributed by atoms with van der Waals surface area (Å²) in [6.07, 6.45) is 9.19. The minimum atomic E-state index is -3.20. The number of rotatable bonds is 2. The summed E-state index contributed by atoms with van der Waals surface area (Å²) in [7, 11) is -3.20. The molecule has 3 heterocycles. The van der Waals surface area contributed by atoms with Crippen LogP contribution in [-0.2, 0) is 4.57 Å². The molecule has 0 amide bonds. The van der Waals surface area contributed by atoms with Gasteiger partial charge in [-0.2, -0.15) is 0 Å². The van der Waals surface area contributed by atoms with E-state index in [1.54, 1.807) is 0 Å². The predicted molar refractivity (Wildman–Crippen MR) is 170 cm³/mol. The van der Waals surface area contributed by atoms with Gasteiger partial charge in [0.25, 0.3) is 0 Å². The lowest BCUT2D eigenvalue weighted by atomic mass is 9.71. The Balaban J connectivity index is 1.22. The van der Waals surface area contributed by atoms with Crippen molar-refractivity contribution in [2.24, 2.45) is 5.41 Å². The van der Waals surface area contributed by atoms with Gasteiger partial charge in [0.15, 0.2) is 7.14 Å². The lowest BCUT2D eigenvalue weighted by Gasteiger charge is -2.45. The molecule has 42 heavy (non-hydrogen) atoms. The van der Waals surface area contributed by atoms with E-state index in [0.717, 1.165) is 40.9 Å². The van der Waals surface area contributed by atoms with Crippen LogP contribution in [0.1, 0.15) is 26.2 Å². The van der Waals surface area contributed by atoms with Gasteiger partial charge in [-0.25, -0.2) is 0 Å². The van der Waals surface area contributed by atoms with Crippen LogP contribution in [0.2, 0.25) is 0 Å². The monoisotopic (exact) mass is 565 g/mol. The van der Waals surface area contributed by atoms with Gasteiger partial charge in [-0.05, 0) is 74.7 Å². The van der Waals surface area contributed by atoms with Crippen LogP contribution in [0, 0.1) is 5.41 Å². The Labute approximate surface area is 244 Å². The smallest absolute Gasteiger partial charge is 0.185 e. The summed E-state index contributed by atoms with van der Waals surface area (Å²) < 4.78 is 31.0. The zero-order chi connectivity index (χ0) is 28.1. The molecule has 2 unspecified atom stereocenters. The van der Waals surface area contributed by atoms with E-state index >= 15 is 4.57 Å². The topological polar surface area (TPSA) is 40.5 Å². The van der Waals surface area contributed by atoms with Crippen molar-refractivity contribution in [1.29, 1.82) is 0 Å². The predicted octanol–water partition coefficient (Wildman–Crippen LogP) is 8.66. The van der Waals surface area contributed by atoms with Crippen molar-refractivity contribution in [3.8, 4) is 11.5 Å². The summed E-state index contributed by atoms with van der Waals surface area (Å²) in [6, 6.07) is 32.9. The molecule has 204 valence electrons.